The van der Waals surface area contributed by atoms with Gasteiger partial charge in [0, 0.05) is 44.5 Å². The monoisotopic (exact) mass is 667 g/mol. The number of benzene rings is 7. The van der Waals surface area contributed by atoms with Gasteiger partial charge in [-0.05, 0) is 51.4 Å². The van der Waals surface area contributed by atoms with Crippen LogP contribution in [0.5, 0.6) is 5.75 Å². The molecule has 1 aliphatic carbocycles. The van der Waals surface area contributed by atoms with E-state index in [2.05, 4.69) is 127 Å². The van der Waals surface area contributed by atoms with E-state index in [-0.39, 0.29) is 12.0 Å². The molecule has 0 spiro atoms. The van der Waals surface area contributed by atoms with Gasteiger partial charge in [0.25, 0.3) is 0 Å². The van der Waals surface area contributed by atoms with E-state index in [0.717, 1.165) is 71.9 Å². The van der Waals surface area contributed by atoms with Crippen LogP contribution in [0.2, 0.25) is 0 Å². The molecule has 0 radical (unpaired) electrons. The average Bonchev–Trinajstić information content (AvgIpc) is 3.79. The summed E-state index contributed by atoms with van der Waals surface area (Å²) in [6, 6.07) is 50.2. The Morgan fingerprint density at radius 2 is 1.17 bits per heavy atom. The van der Waals surface area contributed by atoms with Crippen molar-refractivity contribution >= 4 is 49.1 Å². The van der Waals surface area contributed by atoms with Crippen LogP contribution in [0, 0.1) is 0 Å². The largest absolute Gasteiger partial charge is 0.485 e. The molecule has 0 N–H and O–H groups in total. The Hall–Kier alpha value is -6.85. The Morgan fingerprint density at radius 3 is 2.06 bits per heavy atom. The van der Waals surface area contributed by atoms with E-state index in [1.807, 2.05) is 36.4 Å². The highest BCUT2D eigenvalue weighted by Gasteiger charge is 2.37. The van der Waals surface area contributed by atoms with Crippen molar-refractivity contribution in [3.8, 4) is 39.9 Å². The minimum atomic E-state index is -0.144. The maximum Gasteiger partial charge on any atom is 0.164 e. The van der Waals surface area contributed by atoms with Crippen LogP contribution < -0.4 is 4.74 Å². The molecule has 2 aromatic heterocycles. The number of hydrogen-bond donors (Lipinski definition) is 0. The molecule has 52 heavy (non-hydrogen) atoms. The van der Waals surface area contributed by atoms with Crippen LogP contribution in [-0.4, -0.2) is 21.1 Å². The van der Waals surface area contributed by atoms with Gasteiger partial charge in [-0.3, -0.25) is 0 Å². The third-order valence-electron chi connectivity index (χ3n) is 10.5. The molecule has 2 aliphatic rings. The van der Waals surface area contributed by atoms with E-state index in [1.54, 1.807) is 0 Å². The Balaban J connectivity index is 1.11. The predicted octanol–water partition coefficient (Wildman–Crippen LogP) is 11.6. The first kappa shape index (κ1) is 28.9. The predicted molar refractivity (Wildman–Crippen MR) is 209 cm³/mol. The van der Waals surface area contributed by atoms with Crippen molar-refractivity contribution in [1.29, 1.82) is 0 Å². The SMILES string of the molecule is C1=CC2Oc3cccc(-c4nc(-c5ccccc5)nc(-c5cc6ccccc6c6ccccc56)n4)c3C2C=C1c1cccc2c1oc1ccccc12. The number of fused-ring (bicyclic) bond motifs is 9. The molecule has 0 amide bonds. The van der Waals surface area contributed by atoms with Crippen LogP contribution in [0.4, 0.5) is 0 Å². The summed E-state index contributed by atoms with van der Waals surface area (Å²) in [5, 5.41) is 6.84. The van der Waals surface area contributed by atoms with Crippen molar-refractivity contribution in [2.75, 3.05) is 0 Å². The van der Waals surface area contributed by atoms with Crippen LogP contribution >= 0.6 is 0 Å². The number of hydrogen-bond acceptors (Lipinski definition) is 5. The smallest absolute Gasteiger partial charge is 0.164 e. The van der Waals surface area contributed by atoms with Crippen molar-refractivity contribution in [2.24, 2.45) is 0 Å². The molecule has 0 saturated carbocycles. The van der Waals surface area contributed by atoms with Gasteiger partial charge in [0.1, 0.15) is 23.0 Å². The summed E-state index contributed by atoms with van der Waals surface area (Å²) in [4.78, 5) is 15.6. The number of nitrogens with zero attached hydrogens (tertiary/aromatic N) is 3. The summed E-state index contributed by atoms with van der Waals surface area (Å²) in [7, 11) is 0. The molecule has 5 nitrogen and oxygen atoms in total. The Kier molecular flexibility index (Phi) is 6.31. The second-order valence-corrected chi connectivity index (χ2v) is 13.5. The van der Waals surface area contributed by atoms with Gasteiger partial charge in [0.2, 0.25) is 0 Å². The summed E-state index contributed by atoms with van der Waals surface area (Å²) < 4.78 is 13.0. The van der Waals surface area contributed by atoms with Gasteiger partial charge in [-0.2, -0.15) is 0 Å². The second kappa shape index (κ2) is 11.3. The fraction of sp³-hybridized carbons (Fsp3) is 0.0426. The lowest BCUT2D eigenvalue weighted by molar-refractivity contribution is 0.269. The highest BCUT2D eigenvalue weighted by Crippen LogP contribution is 2.48. The summed E-state index contributed by atoms with van der Waals surface area (Å²) >= 11 is 0. The maximum atomic E-state index is 6.60. The topological polar surface area (TPSA) is 61.0 Å². The second-order valence-electron chi connectivity index (χ2n) is 13.5. The van der Waals surface area contributed by atoms with Crippen LogP contribution in [0.25, 0.3) is 83.2 Å². The van der Waals surface area contributed by atoms with Crippen LogP contribution in [0.1, 0.15) is 17.0 Å². The molecule has 0 bridgehead atoms. The zero-order chi connectivity index (χ0) is 34.2. The number of aromatic nitrogens is 3. The normalized spacial score (nSPS) is 16.3. The van der Waals surface area contributed by atoms with Gasteiger partial charge >= 0.3 is 0 Å². The quantitative estimate of drug-likeness (QED) is 0.175. The third-order valence-corrected chi connectivity index (χ3v) is 10.5. The van der Waals surface area contributed by atoms with Gasteiger partial charge in [-0.15, -0.1) is 0 Å². The van der Waals surface area contributed by atoms with Gasteiger partial charge in [-0.1, -0.05) is 140 Å². The minimum Gasteiger partial charge on any atom is -0.485 e. The lowest BCUT2D eigenvalue weighted by Gasteiger charge is -2.20. The highest BCUT2D eigenvalue weighted by molar-refractivity contribution is 6.13. The van der Waals surface area contributed by atoms with Gasteiger partial charge in [0.05, 0.1) is 0 Å². The number of ether oxygens (including phenoxy) is 1. The molecule has 0 saturated heterocycles. The molecule has 7 aromatic carbocycles. The highest BCUT2D eigenvalue weighted by atomic mass is 16.5. The molecule has 3 heterocycles. The van der Waals surface area contributed by atoms with Gasteiger partial charge in [0.15, 0.2) is 17.5 Å². The van der Waals surface area contributed by atoms with E-state index in [0.29, 0.717) is 17.5 Å². The zero-order valence-electron chi connectivity index (χ0n) is 27.9. The first-order valence-corrected chi connectivity index (χ1v) is 17.6. The van der Waals surface area contributed by atoms with Crippen molar-refractivity contribution in [1.82, 2.24) is 15.0 Å². The molecule has 5 heteroatoms. The van der Waals surface area contributed by atoms with Crippen LogP contribution in [0.3, 0.4) is 0 Å². The Labute approximate surface area is 299 Å². The molecular formula is C47H29N3O2. The van der Waals surface area contributed by atoms with Crippen molar-refractivity contribution in [3.05, 3.63) is 175 Å². The van der Waals surface area contributed by atoms with Crippen molar-refractivity contribution < 1.29 is 9.15 Å². The standard InChI is InChI=1S/C47H29N3O2/c1-2-12-28(13-3-1)45-48-46(50-47(49-45)38-26-29-14-4-5-15-31(29)33-16-6-7-17-34(33)38)37-21-11-23-42-43(37)39-27-30(24-25-41(39)51-42)32-19-10-20-36-35-18-8-9-22-40(35)52-44(32)36/h1-27,39,41H. The number of allylic oxidation sites excluding steroid dienone is 2. The molecular weight excluding hydrogens is 639 g/mol. The zero-order valence-corrected chi connectivity index (χ0v) is 27.9. The van der Waals surface area contributed by atoms with Crippen molar-refractivity contribution in [3.63, 3.8) is 0 Å². The average molecular weight is 668 g/mol. The first-order chi connectivity index (χ1) is 25.8. The summed E-state index contributed by atoms with van der Waals surface area (Å²) in [5.41, 5.74) is 7.85. The Bertz CT molecular complexity index is 2960. The molecule has 2 unspecified atom stereocenters. The number of rotatable bonds is 4. The fourth-order valence-electron chi connectivity index (χ4n) is 8.08. The molecule has 0 fully saturated rings. The van der Waals surface area contributed by atoms with Crippen molar-refractivity contribution in [2.45, 2.75) is 12.0 Å². The third kappa shape index (κ3) is 4.46. The first-order valence-electron chi connectivity index (χ1n) is 17.6. The summed E-state index contributed by atoms with van der Waals surface area (Å²) in [6.45, 7) is 0. The lowest BCUT2D eigenvalue weighted by atomic mass is 9.84. The van der Waals surface area contributed by atoms with Crippen LogP contribution in [0.15, 0.2) is 168 Å². The molecule has 2 atom stereocenters. The molecule has 1 aliphatic heterocycles. The number of furan rings is 1. The minimum absolute atomic E-state index is 0.0484. The van der Waals surface area contributed by atoms with Gasteiger partial charge in [-0.25, -0.2) is 15.0 Å². The molecule has 11 rings (SSSR count). The van der Waals surface area contributed by atoms with Gasteiger partial charge < -0.3 is 9.15 Å². The summed E-state index contributed by atoms with van der Waals surface area (Å²) in [5.74, 6) is 2.67. The van der Waals surface area contributed by atoms with E-state index < -0.39 is 0 Å². The fourth-order valence-corrected chi connectivity index (χ4v) is 8.08. The van der Waals surface area contributed by atoms with E-state index >= 15 is 0 Å². The lowest BCUT2D eigenvalue weighted by Crippen LogP contribution is -2.17. The van der Waals surface area contributed by atoms with Crippen LogP contribution in [-0.2, 0) is 0 Å². The maximum absolute atomic E-state index is 6.60. The van der Waals surface area contributed by atoms with E-state index in [4.69, 9.17) is 24.1 Å². The van der Waals surface area contributed by atoms with E-state index in [9.17, 15) is 0 Å². The molecule has 244 valence electrons. The van der Waals surface area contributed by atoms with E-state index in [1.165, 1.54) is 10.8 Å². The molecule has 9 aromatic rings. The Morgan fingerprint density at radius 1 is 0.500 bits per heavy atom. The number of para-hydroxylation sites is 2. The summed E-state index contributed by atoms with van der Waals surface area (Å²) in [6.07, 6.45) is 6.50.